The van der Waals surface area contributed by atoms with Crippen molar-refractivity contribution in [2.24, 2.45) is 0 Å². The number of hydrogen-bond donors (Lipinski definition) is 2. The van der Waals surface area contributed by atoms with Crippen LogP contribution in [-0.4, -0.2) is 65.2 Å². The van der Waals surface area contributed by atoms with E-state index in [0.717, 1.165) is 60.7 Å². The molecule has 0 heterocycles. The second kappa shape index (κ2) is 19.2. The molecule has 0 saturated heterocycles. The third-order valence-electron chi connectivity index (χ3n) is 5.17. The molecule has 29 heavy (non-hydrogen) atoms. The Kier molecular flexibility index (Phi) is 18.7. The molecule has 2 N–H and O–H groups in total. The van der Waals surface area contributed by atoms with Gasteiger partial charge in [-0.05, 0) is 46.0 Å². The van der Waals surface area contributed by atoms with Gasteiger partial charge in [0.15, 0.2) is 5.78 Å². The van der Waals surface area contributed by atoms with Gasteiger partial charge in [-0.2, -0.15) is 0 Å². The normalized spacial score (nSPS) is 14.7. The first-order chi connectivity index (χ1) is 14.0. The molecule has 0 aliphatic heterocycles. The van der Waals surface area contributed by atoms with Crippen LogP contribution in [0.15, 0.2) is 36.0 Å². The van der Waals surface area contributed by atoms with E-state index in [-0.39, 0.29) is 19.0 Å². The fourth-order valence-corrected chi connectivity index (χ4v) is 3.93. The summed E-state index contributed by atoms with van der Waals surface area (Å²) in [6.45, 7) is 7.58. The molecule has 0 aliphatic rings. The van der Waals surface area contributed by atoms with E-state index in [2.05, 4.69) is 15.9 Å². The van der Waals surface area contributed by atoms with E-state index in [9.17, 15) is 15.0 Å². The van der Waals surface area contributed by atoms with Crippen LogP contribution in [0.5, 0.6) is 0 Å². The maximum Gasteiger partial charge on any atom is 0.190 e. The number of rotatable bonds is 19. The van der Waals surface area contributed by atoms with Gasteiger partial charge in [0, 0.05) is 31.4 Å². The molecule has 0 aromatic rings. The molecule has 0 saturated carbocycles. The van der Waals surface area contributed by atoms with Gasteiger partial charge in [-0.1, -0.05) is 58.3 Å². The molecule has 0 aromatic heterocycles. The fraction of sp³-hybridized carbons (Fsp3) is 0.708. The quantitative estimate of drug-likeness (QED) is 0.121. The van der Waals surface area contributed by atoms with Crippen molar-refractivity contribution in [2.75, 3.05) is 44.7 Å². The van der Waals surface area contributed by atoms with Gasteiger partial charge in [0.2, 0.25) is 0 Å². The number of carbonyl (C=O) groups is 1. The van der Waals surface area contributed by atoms with Gasteiger partial charge in [0.25, 0.3) is 0 Å². The first kappa shape index (κ1) is 28.2. The zero-order valence-corrected chi connectivity index (χ0v) is 20.2. The third-order valence-corrected chi connectivity index (χ3v) is 5.73. The fourth-order valence-electron chi connectivity index (χ4n) is 3.53. The lowest BCUT2D eigenvalue weighted by molar-refractivity contribution is -0.921. The smallest absolute Gasteiger partial charge is 0.190 e. The number of allylic oxidation sites excluding steroid dienone is 6. The number of ketones is 1. The lowest BCUT2D eigenvalue weighted by Crippen LogP contribution is -2.53. The summed E-state index contributed by atoms with van der Waals surface area (Å²) in [5.41, 5.74) is 1.10. The number of aliphatic hydroxyl groups excluding tert-OH is 2. The molecule has 0 bridgehead atoms. The summed E-state index contributed by atoms with van der Waals surface area (Å²) in [6.07, 6.45) is 17.5. The van der Waals surface area contributed by atoms with Crippen LogP contribution in [0, 0.1) is 0 Å². The van der Waals surface area contributed by atoms with Gasteiger partial charge in [-0.25, -0.2) is 0 Å². The van der Waals surface area contributed by atoms with Gasteiger partial charge >= 0.3 is 0 Å². The van der Waals surface area contributed by atoms with E-state index in [1.807, 2.05) is 44.2 Å². The maximum absolute atomic E-state index is 12.8. The molecular weight excluding hydrogens is 430 g/mol. The van der Waals surface area contributed by atoms with Crippen molar-refractivity contribution < 1.29 is 19.5 Å². The SMILES string of the molecule is C/C=C/C=C\C(C)=C\CC(=O)C[N+](CCCO)(CCCCO)CCCCCCBr. The summed E-state index contributed by atoms with van der Waals surface area (Å²) < 4.78 is 0.745. The lowest BCUT2D eigenvalue weighted by Gasteiger charge is -2.38. The molecule has 0 spiro atoms. The number of quaternary nitrogens is 1. The van der Waals surface area contributed by atoms with Crippen molar-refractivity contribution >= 4 is 21.7 Å². The summed E-state index contributed by atoms with van der Waals surface area (Å²) in [4.78, 5) is 12.8. The third kappa shape index (κ3) is 15.7. The number of hydrogen-bond acceptors (Lipinski definition) is 3. The summed E-state index contributed by atoms with van der Waals surface area (Å²) in [7, 11) is 0. The van der Waals surface area contributed by atoms with E-state index in [1.165, 1.54) is 19.3 Å². The number of unbranched alkanes of at least 4 members (excludes halogenated alkanes) is 4. The Morgan fingerprint density at radius 3 is 2.14 bits per heavy atom. The van der Waals surface area contributed by atoms with E-state index in [4.69, 9.17) is 0 Å². The average Bonchev–Trinajstić information content (AvgIpc) is 2.71. The Morgan fingerprint density at radius 2 is 1.52 bits per heavy atom. The Bertz CT molecular complexity index is 502. The molecular formula is C24H43BrNO3+. The molecule has 0 aromatic carbocycles. The largest absolute Gasteiger partial charge is 0.396 e. The van der Waals surface area contributed by atoms with E-state index in [0.29, 0.717) is 13.0 Å². The van der Waals surface area contributed by atoms with Crippen LogP contribution < -0.4 is 0 Å². The first-order valence-electron chi connectivity index (χ1n) is 11.1. The molecule has 0 radical (unpaired) electrons. The minimum Gasteiger partial charge on any atom is -0.396 e. The van der Waals surface area contributed by atoms with Gasteiger partial charge in [0.1, 0.15) is 6.54 Å². The predicted molar refractivity (Wildman–Crippen MR) is 127 cm³/mol. The van der Waals surface area contributed by atoms with Crippen LogP contribution in [0.25, 0.3) is 0 Å². The molecule has 0 aliphatic carbocycles. The summed E-state index contributed by atoms with van der Waals surface area (Å²) in [6, 6.07) is 0. The highest BCUT2D eigenvalue weighted by Crippen LogP contribution is 2.16. The van der Waals surface area contributed by atoms with Crippen LogP contribution in [0.4, 0.5) is 0 Å². The number of nitrogens with zero attached hydrogens (tertiary/aromatic N) is 1. The zero-order chi connectivity index (χ0) is 21.8. The highest BCUT2D eigenvalue weighted by molar-refractivity contribution is 9.09. The summed E-state index contributed by atoms with van der Waals surface area (Å²) in [5.74, 6) is 0.256. The van der Waals surface area contributed by atoms with Crippen molar-refractivity contribution in [2.45, 2.75) is 65.2 Å². The Balaban J connectivity index is 5.03. The molecule has 0 rings (SSSR count). The van der Waals surface area contributed by atoms with Crippen molar-refractivity contribution in [3.63, 3.8) is 0 Å². The molecule has 0 fully saturated rings. The van der Waals surface area contributed by atoms with Crippen LogP contribution in [0.1, 0.15) is 65.2 Å². The van der Waals surface area contributed by atoms with Crippen LogP contribution in [0.3, 0.4) is 0 Å². The van der Waals surface area contributed by atoms with Gasteiger partial charge in [-0.3, -0.25) is 4.79 Å². The van der Waals surface area contributed by atoms with Crippen molar-refractivity contribution in [1.29, 1.82) is 0 Å². The number of alkyl halides is 1. The first-order valence-corrected chi connectivity index (χ1v) is 12.3. The molecule has 1 atom stereocenters. The zero-order valence-electron chi connectivity index (χ0n) is 18.6. The number of Topliss-reactive ketones (excluding diaryl/α,β-unsaturated/α-hetero) is 1. The van der Waals surface area contributed by atoms with Crippen molar-refractivity contribution in [3.05, 3.63) is 36.0 Å². The van der Waals surface area contributed by atoms with Crippen LogP contribution >= 0.6 is 15.9 Å². The number of aliphatic hydroxyl groups is 2. The minimum atomic E-state index is 0.159. The molecule has 4 nitrogen and oxygen atoms in total. The van der Waals surface area contributed by atoms with Crippen molar-refractivity contribution in [3.8, 4) is 0 Å². The average molecular weight is 474 g/mol. The Hall–Kier alpha value is -0.750. The van der Waals surface area contributed by atoms with E-state index >= 15 is 0 Å². The Labute approximate surface area is 187 Å². The molecule has 168 valence electrons. The van der Waals surface area contributed by atoms with Crippen LogP contribution in [0.2, 0.25) is 0 Å². The predicted octanol–water partition coefficient (Wildman–Crippen LogP) is 4.95. The highest BCUT2D eigenvalue weighted by atomic mass is 79.9. The second-order valence-corrected chi connectivity index (χ2v) is 8.65. The molecule has 0 amide bonds. The van der Waals surface area contributed by atoms with E-state index < -0.39 is 0 Å². The topological polar surface area (TPSA) is 57.5 Å². The monoisotopic (exact) mass is 472 g/mol. The number of halogens is 1. The highest BCUT2D eigenvalue weighted by Gasteiger charge is 2.28. The number of carbonyl (C=O) groups excluding carboxylic acids is 1. The molecule has 1 unspecified atom stereocenters. The Morgan fingerprint density at radius 1 is 0.897 bits per heavy atom. The lowest BCUT2D eigenvalue weighted by atomic mass is 10.1. The van der Waals surface area contributed by atoms with Gasteiger partial charge in [0.05, 0.1) is 19.6 Å². The van der Waals surface area contributed by atoms with Gasteiger partial charge < -0.3 is 14.7 Å². The summed E-state index contributed by atoms with van der Waals surface area (Å²) in [5, 5.41) is 19.6. The van der Waals surface area contributed by atoms with E-state index in [1.54, 1.807) is 0 Å². The second-order valence-electron chi connectivity index (χ2n) is 7.86. The summed E-state index contributed by atoms with van der Waals surface area (Å²) >= 11 is 3.48. The standard InChI is InChI=1S/C24H43BrNO3/c1-3-4-7-13-23(2)14-15-24(29)22-26(19-12-21-28,18-10-11-20-27)17-9-6-5-8-16-25/h3-4,7,13-14,27-28H,5-6,8-12,15-22H2,1-2H3/q+1/b4-3+,13-7-,23-14+. The van der Waals surface area contributed by atoms with Crippen LogP contribution in [-0.2, 0) is 4.79 Å². The van der Waals surface area contributed by atoms with Crippen molar-refractivity contribution in [1.82, 2.24) is 0 Å². The van der Waals surface area contributed by atoms with Gasteiger partial charge in [-0.15, -0.1) is 0 Å². The maximum atomic E-state index is 12.8. The molecule has 5 heteroatoms. The minimum absolute atomic E-state index is 0.159.